The first-order valence-corrected chi connectivity index (χ1v) is 22.9. The van der Waals surface area contributed by atoms with Gasteiger partial charge in [0.25, 0.3) is 0 Å². The molecule has 2 nitrogen and oxygen atoms in total. The molecule has 0 N–H and O–H groups in total. The van der Waals surface area contributed by atoms with Gasteiger partial charge in [-0.05, 0) is 122 Å². The normalized spacial score (nSPS) is 16.3. The lowest BCUT2D eigenvalue weighted by molar-refractivity contribution is 0.266. The van der Waals surface area contributed by atoms with Crippen molar-refractivity contribution >= 4 is 46.4 Å². The maximum Gasteiger partial charge on any atom is 0.119 e. The van der Waals surface area contributed by atoms with E-state index in [1.54, 1.807) is 14.2 Å². The highest BCUT2D eigenvalue weighted by Gasteiger charge is 2.47. The Hall–Kier alpha value is -4.22. The van der Waals surface area contributed by atoms with Crippen LogP contribution in [0.5, 0.6) is 11.5 Å². The van der Waals surface area contributed by atoms with Crippen molar-refractivity contribution in [1.82, 2.24) is 0 Å². The van der Waals surface area contributed by atoms with Crippen LogP contribution in [0.1, 0.15) is 38.5 Å². The Morgan fingerprint density at radius 3 is 0.865 bits per heavy atom. The van der Waals surface area contributed by atoms with Crippen molar-refractivity contribution in [3.8, 4) is 11.5 Å². The molecule has 1 aliphatic carbocycles. The second-order valence-corrected chi connectivity index (χ2v) is 21.5. The van der Waals surface area contributed by atoms with Crippen molar-refractivity contribution in [2.24, 2.45) is 11.8 Å². The van der Waals surface area contributed by atoms with E-state index in [4.69, 9.17) is 9.47 Å². The number of hydrogen-bond acceptors (Lipinski definition) is 2. The van der Waals surface area contributed by atoms with Crippen LogP contribution in [0.15, 0.2) is 170 Å². The van der Waals surface area contributed by atoms with E-state index in [0.717, 1.165) is 23.3 Å². The Balaban J connectivity index is 1.11. The Kier molecular flexibility index (Phi) is 11.9. The van der Waals surface area contributed by atoms with Gasteiger partial charge in [-0.15, -0.1) is 0 Å². The summed E-state index contributed by atoms with van der Waals surface area (Å²) in [6, 6.07) is 63.3. The van der Waals surface area contributed by atoms with Crippen LogP contribution in [0.3, 0.4) is 0 Å². The summed E-state index contributed by atoms with van der Waals surface area (Å²) in [6.45, 7) is 0. The molecule has 0 spiro atoms. The molecular formula is C48H52O2P2+2. The standard InChI is InChI=1S/C48H52O2P2/c1-49-41-27-31-47(32-28-41)51(43-15-7-3-8-16-43,44-17-9-4-10-18-44)37-35-39-23-25-40(26-24-39)36-38-52(45-19-11-5-12-20-45,46-21-13-6-14-22-46)48-33-29-42(50-2)30-34-48/h3-22,27-34,39-40H,23-26,35-38H2,1-2H3/q+2. The molecule has 7 rings (SSSR count). The van der Waals surface area contributed by atoms with Gasteiger partial charge in [0.2, 0.25) is 0 Å². The van der Waals surface area contributed by atoms with Gasteiger partial charge in [-0.25, -0.2) is 0 Å². The van der Waals surface area contributed by atoms with Gasteiger partial charge < -0.3 is 9.47 Å². The number of hydrogen-bond donors (Lipinski definition) is 0. The summed E-state index contributed by atoms with van der Waals surface area (Å²) in [7, 11) is -0.225. The smallest absolute Gasteiger partial charge is 0.119 e. The van der Waals surface area contributed by atoms with Gasteiger partial charge in [0.15, 0.2) is 0 Å². The van der Waals surface area contributed by atoms with Gasteiger partial charge in [-0.1, -0.05) is 98.5 Å². The zero-order valence-electron chi connectivity index (χ0n) is 30.7. The summed E-state index contributed by atoms with van der Waals surface area (Å²) in [4.78, 5) is 0. The van der Waals surface area contributed by atoms with Gasteiger partial charge in [0.05, 0.1) is 26.5 Å². The van der Waals surface area contributed by atoms with E-state index in [9.17, 15) is 0 Å². The Bertz CT molecular complexity index is 1710. The lowest BCUT2D eigenvalue weighted by Crippen LogP contribution is -2.35. The first kappa shape index (κ1) is 36.2. The highest BCUT2D eigenvalue weighted by Crippen LogP contribution is 2.58. The molecule has 6 aromatic carbocycles. The summed E-state index contributed by atoms with van der Waals surface area (Å²) >= 11 is 0. The predicted molar refractivity (Wildman–Crippen MR) is 228 cm³/mol. The van der Waals surface area contributed by atoms with Gasteiger partial charge in [0, 0.05) is 0 Å². The van der Waals surface area contributed by atoms with Crippen LogP contribution in [-0.4, -0.2) is 26.5 Å². The SMILES string of the molecule is COc1ccc([P+](CCC2CCC(CC[P+](c3ccccc3)(c3ccccc3)c3ccc(OC)cc3)CC2)(c2ccccc2)c2ccccc2)cc1. The Morgan fingerprint density at radius 1 is 0.365 bits per heavy atom. The molecule has 0 unspecified atom stereocenters. The second kappa shape index (κ2) is 17.1. The third-order valence-corrected chi connectivity index (χ3v) is 20.5. The molecule has 4 heteroatoms. The highest BCUT2D eigenvalue weighted by atomic mass is 31.2. The van der Waals surface area contributed by atoms with Gasteiger partial charge in [-0.2, -0.15) is 0 Å². The van der Waals surface area contributed by atoms with Crippen molar-refractivity contribution in [3.05, 3.63) is 170 Å². The van der Waals surface area contributed by atoms with E-state index in [1.165, 1.54) is 82.7 Å². The van der Waals surface area contributed by atoms with E-state index in [2.05, 4.69) is 170 Å². The third kappa shape index (κ3) is 7.62. The molecular weight excluding hydrogens is 670 g/mol. The number of methoxy groups -OCH3 is 2. The van der Waals surface area contributed by atoms with E-state index < -0.39 is 14.5 Å². The monoisotopic (exact) mass is 722 g/mol. The number of benzene rings is 6. The van der Waals surface area contributed by atoms with E-state index in [0.29, 0.717) is 0 Å². The van der Waals surface area contributed by atoms with E-state index in [-0.39, 0.29) is 0 Å². The summed E-state index contributed by atoms with van der Waals surface area (Å²) in [5, 5.41) is 8.78. The predicted octanol–water partition coefficient (Wildman–Crippen LogP) is 9.58. The van der Waals surface area contributed by atoms with Crippen molar-refractivity contribution < 1.29 is 9.47 Å². The van der Waals surface area contributed by atoms with Crippen LogP contribution in [0.2, 0.25) is 0 Å². The first-order valence-electron chi connectivity index (χ1n) is 18.9. The zero-order chi connectivity index (χ0) is 35.6. The number of ether oxygens (including phenoxy) is 2. The topological polar surface area (TPSA) is 18.5 Å². The average molecular weight is 723 g/mol. The second-order valence-electron chi connectivity index (χ2n) is 14.3. The number of rotatable bonds is 14. The fourth-order valence-corrected chi connectivity index (χ4v) is 17.5. The largest absolute Gasteiger partial charge is 0.497 e. The molecule has 0 aromatic heterocycles. The molecule has 0 aliphatic heterocycles. The fourth-order valence-electron chi connectivity index (χ4n) is 8.63. The Morgan fingerprint density at radius 2 is 0.615 bits per heavy atom. The Labute approximate surface area is 312 Å². The van der Waals surface area contributed by atoms with E-state index in [1.807, 2.05) is 0 Å². The summed E-state index contributed by atoms with van der Waals surface area (Å²) in [5.41, 5.74) is 0. The minimum Gasteiger partial charge on any atom is -0.497 e. The van der Waals surface area contributed by atoms with Gasteiger partial charge in [-0.3, -0.25) is 0 Å². The fraction of sp³-hybridized carbons (Fsp3) is 0.250. The molecule has 0 amide bonds. The van der Waals surface area contributed by atoms with E-state index >= 15 is 0 Å². The van der Waals surface area contributed by atoms with Crippen LogP contribution in [0.25, 0.3) is 0 Å². The summed E-state index contributed by atoms with van der Waals surface area (Å²) in [5.74, 6) is 3.34. The van der Waals surface area contributed by atoms with Crippen LogP contribution >= 0.6 is 14.5 Å². The van der Waals surface area contributed by atoms with Crippen LogP contribution in [-0.2, 0) is 0 Å². The van der Waals surface area contributed by atoms with Crippen molar-refractivity contribution in [2.45, 2.75) is 38.5 Å². The maximum atomic E-state index is 5.59. The zero-order valence-corrected chi connectivity index (χ0v) is 32.5. The van der Waals surface area contributed by atoms with Crippen LogP contribution < -0.4 is 41.3 Å². The molecule has 0 atom stereocenters. The lowest BCUT2D eigenvalue weighted by Gasteiger charge is -2.33. The lowest BCUT2D eigenvalue weighted by atomic mass is 9.80. The first-order chi connectivity index (χ1) is 25.7. The van der Waals surface area contributed by atoms with Gasteiger partial charge >= 0.3 is 0 Å². The molecule has 1 aliphatic rings. The molecule has 0 radical (unpaired) electrons. The molecule has 0 bridgehead atoms. The van der Waals surface area contributed by atoms with Crippen molar-refractivity contribution in [3.63, 3.8) is 0 Å². The van der Waals surface area contributed by atoms with Crippen molar-refractivity contribution in [2.75, 3.05) is 26.5 Å². The maximum absolute atomic E-state index is 5.59. The summed E-state index contributed by atoms with van der Waals surface area (Å²) < 4.78 is 11.2. The summed E-state index contributed by atoms with van der Waals surface area (Å²) in [6.07, 6.45) is 10.2. The molecule has 52 heavy (non-hydrogen) atoms. The molecule has 264 valence electrons. The third-order valence-electron chi connectivity index (χ3n) is 11.5. The molecule has 0 heterocycles. The quantitative estimate of drug-likeness (QED) is 0.104. The van der Waals surface area contributed by atoms with Crippen molar-refractivity contribution in [1.29, 1.82) is 0 Å². The minimum atomic E-state index is -1.87. The van der Waals surface area contributed by atoms with Crippen LogP contribution in [0.4, 0.5) is 0 Å². The molecule has 1 fully saturated rings. The van der Waals surface area contributed by atoms with Crippen LogP contribution in [0, 0.1) is 11.8 Å². The molecule has 6 aromatic rings. The average Bonchev–Trinajstić information content (AvgIpc) is 3.24. The molecule has 0 saturated heterocycles. The van der Waals surface area contributed by atoms with Gasteiger partial charge in [0.1, 0.15) is 57.9 Å². The molecule has 1 saturated carbocycles. The minimum absolute atomic E-state index is 0.755. The highest BCUT2D eigenvalue weighted by molar-refractivity contribution is 7.96.